The molecule has 0 bridgehead atoms. The summed E-state index contributed by atoms with van der Waals surface area (Å²) in [5, 5.41) is 14.0. The van der Waals surface area contributed by atoms with Gasteiger partial charge in [0.2, 0.25) is 5.91 Å². The molecule has 0 aliphatic heterocycles. The van der Waals surface area contributed by atoms with Crippen LogP contribution in [0.4, 0.5) is 5.69 Å². The molecule has 1 rings (SSSR count). The molecule has 0 aromatic heterocycles. The van der Waals surface area contributed by atoms with Gasteiger partial charge in [-0.15, -0.1) is 0 Å². The zero-order valence-corrected chi connectivity index (χ0v) is 12.0. The fourth-order valence-corrected chi connectivity index (χ4v) is 1.54. The molecule has 0 heterocycles. The van der Waals surface area contributed by atoms with Crippen LogP contribution in [0.3, 0.4) is 0 Å². The minimum atomic E-state index is -0.0652. The number of amides is 1. The third kappa shape index (κ3) is 6.08. The molecule has 0 saturated heterocycles. The van der Waals surface area contributed by atoms with Gasteiger partial charge in [0, 0.05) is 18.2 Å². The Morgan fingerprint density at radius 1 is 1.45 bits per heavy atom. The maximum absolute atomic E-state index is 11.8. The summed E-state index contributed by atoms with van der Waals surface area (Å²) in [6.45, 7) is 5.99. The van der Waals surface area contributed by atoms with Crippen molar-refractivity contribution in [2.75, 3.05) is 11.9 Å². The molecule has 0 unspecified atom stereocenters. The molecule has 6 heteroatoms. The van der Waals surface area contributed by atoms with Crippen molar-refractivity contribution in [1.82, 2.24) is 0 Å². The Balaban J connectivity index is 2.62. The van der Waals surface area contributed by atoms with Gasteiger partial charge in [0.05, 0.1) is 0 Å². The lowest BCUT2D eigenvalue weighted by Crippen LogP contribution is -2.21. The first-order chi connectivity index (χ1) is 9.30. The molecule has 1 amide bonds. The number of amidine groups is 1. The van der Waals surface area contributed by atoms with Crippen molar-refractivity contribution in [3.05, 3.63) is 24.3 Å². The van der Waals surface area contributed by atoms with Crippen LogP contribution < -0.4 is 15.8 Å². The van der Waals surface area contributed by atoms with Gasteiger partial charge in [0.1, 0.15) is 12.4 Å². The van der Waals surface area contributed by atoms with E-state index in [1.807, 2.05) is 20.8 Å². The van der Waals surface area contributed by atoms with Gasteiger partial charge in [-0.2, -0.15) is 0 Å². The number of hydrogen-bond acceptors (Lipinski definition) is 4. The Morgan fingerprint density at radius 3 is 2.75 bits per heavy atom. The summed E-state index contributed by atoms with van der Waals surface area (Å²) in [5.74, 6) is 0.461. The number of carbonyl (C=O) groups excluding carboxylic acids is 1. The van der Waals surface area contributed by atoms with E-state index in [-0.39, 0.29) is 23.8 Å². The Bertz CT molecular complexity index is 493. The molecule has 4 N–H and O–H groups in total. The van der Waals surface area contributed by atoms with E-state index >= 15 is 0 Å². The zero-order valence-electron chi connectivity index (χ0n) is 12.0. The second-order valence-electron chi connectivity index (χ2n) is 5.69. The zero-order chi connectivity index (χ0) is 15.2. The Kier molecular flexibility index (Phi) is 5.37. The maximum Gasteiger partial charge on any atom is 0.224 e. The van der Waals surface area contributed by atoms with E-state index in [1.54, 1.807) is 24.3 Å². The predicted molar refractivity (Wildman–Crippen MR) is 78.0 cm³/mol. The van der Waals surface area contributed by atoms with E-state index in [0.29, 0.717) is 17.9 Å². The molecule has 110 valence electrons. The summed E-state index contributed by atoms with van der Waals surface area (Å²) in [4.78, 5) is 11.8. The summed E-state index contributed by atoms with van der Waals surface area (Å²) < 4.78 is 5.31. The summed E-state index contributed by atoms with van der Waals surface area (Å²) in [7, 11) is 0. The highest BCUT2D eigenvalue weighted by Crippen LogP contribution is 2.21. The van der Waals surface area contributed by atoms with Crippen LogP contribution >= 0.6 is 0 Å². The van der Waals surface area contributed by atoms with Crippen LogP contribution in [0, 0.1) is 5.41 Å². The van der Waals surface area contributed by atoms with Crippen molar-refractivity contribution in [2.24, 2.45) is 16.3 Å². The second-order valence-corrected chi connectivity index (χ2v) is 5.69. The molecule has 0 atom stereocenters. The van der Waals surface area contributed by atoms with Crippen LogP contribution in [0.1, 0.15) is 27.2 Å². The Morgan fingerprint density at radius 2 is 2.15 bits per heavy atom. The number of nitrogens with two attached hydrogens (primary N) is 1. The first kappa shape index (κ1) is 15.8. The molecule has 0 spiro atoms. The largest absolute Gasteiger partial charge is 0.485 e. The monoisotopic (exact) mass is 279 g/mol. The lowest BCUT2D eigenvalue weighted by Gasteiger charge is -2.17. The van der Waals surface area contributed by atoms with Crippen molar-refractivity contribution >= 4 is 17.4 Å². The van der Waals surface area contributed by atoms with Crippen molar-refractivity contribution < 1.29 is 14.7 Å². The molecular weight excluding hydrogens is 258 g/mol. The lowest BCUT2D eigenvalue weighted by atomic mass is 9.92. The van der Waals surface area contributed by atoms with Crippen LogP contribution in [0.5, 0.6) is 5.75 Å². The van der Waals surface area contributed by atoms with Crippen molar-refractivity contribution in [3.8, 4) is 5.75 Å². The Labute approximate surface area is 118 Å². The minimum Gasteiger partial charge on any atom is -0.485 e. The molecule has 6 nitrogen and oxygen atoms in total. The number of ether oxygens (including phenoxy) is 1. The molecule has 0 saturated carbocycles. The highest BCUT2D eigenvalue weighted by molar-refractivity contribution is 5.91. The normalized spacial score (nSPS) is 12.1. The molecule has 0 fully saturated rings. The van der Waals surface area contributed by atoms with Gasteiger partial charge in [-0.1, -0.05) is 32.0 Å². The highest BCUT2D eigenvalue weighted by Gasteiger charge is 2.16. The maximum atomic E-state index is 11.8. The summed E-state index contributed by atoms with van der Waals surface area (Å²) in [5.41, 5.74) is 5.90. The second kappa shape index (κ2) is 6.79. The topological polar surface area (TPSA) is 96.9 Å². The molecule has 1 aromatic rings. The average molecular weight is 279 g/mol. The molecular formula is C14H21N3O3. The van der Waals surface area contributed by atoms with Gasteiger partial charge in [-0.05, 0) is 17.5 Å². The van der Waals surface area contributed by atoms with Gasteiger partial charge in [0.25, 0.3) is 0 Å². The number of hydrogen-bond donors (Lipinski definition) is 3. The number of carbonyl (C=O) groups is 1. The van der Waals surface area contributed by atoms with Crippen LogP contribution in [0.25, 0.3) is 0 Å². The quantitative estimate of drug-likeness (QED) is 0.333. The fraction of sp³-hybridized carbons (Fsp3) is 0.429. The van der Waals surface area contributed by atoms with E-state index < -0.39 is 0 Å². The molecule has 0 aliphatic carbocycles. The number of benzene rings is 1. The van der Waals surface area contributed by atoms with Crippen molar-refractivity contribution in [3.63, 3.8) is 0 Å². The van der Waals surface area contributed by atoms with Crippen LogP contribution in [-0.4, -0.2) is 23.6 Å². The van der Waals surface area contributed by atoms with Gasteiger partial charge in [0.15, 0.2) is 5.84 Å². The van der Waals surface area contributed by atoms with Crippen molar-refractivity contribution in [1.29, 1.82) is 0 Å². The fourth-order valence-electron chi connectivity index (χ4n) is 1.54. The summed E-state index contributed by atoms with van der Waals surface area (Å²) in [6.07, 6.45) is 0.433. The average Bonchev–Trinajstić information content (AvgIpc) is 2.34. The third-order valence-electron chi connectivity index (χ3n) is 2.32. The lowest BCUT2D eigenvalue weighted by molar-refractivity contribution is -0.117. The number of anilines is 1. The first-order valence-corrected chi connectivity index (χ1v) is 6.29. The van der Waals surface area contributed by atoms with Gasteiger partial charge in [-0.3, -0.25) is 4.79 Å². The van der Waals surface area contributed by atoms with E-state index in [9.17, 15) is 4.79 Å². The highest BCUT2D eigenvalue weighted by atomic mass is 16.5. The van der Waals surface area contributed by atoms with E-state index in [4.69, 9.17) is 15.7 Å². The van der Waals surface area contributed by atoms with Gasteiger partial charge < -0.3 is 21.0 Å². The number of nitrogens with zero attached hydrogens (tertiary/aromatic N) is 1. The molecule has 1 aromatic carbocycles. The molecule has 0 radical (unpaired) electrons. The van der Waals surface area contributed by atoms with Crippen LogP contribution in [0.2, 0.25) is 0 Å². The number of rotatable bonds is 5. The Hall–Kier alpha value is -2.24. The van der Waals surface area contributed by atoms with E-state index in [1.165, 1.54) is 0 Å². The van der Waals surface area contributed by atoms with E-state index in [0.717, 1.165) is 0 Å². The smallest absolute Gasteiger partial charge is 0.224 e. The van der Waals surface area contributed by atoms with Gasteiger partial charge in [-0.25, -0.2) is 0 Å². The standard InChI is InChI=1S/C14H21N3O3/c1-14(2,3)8-13(18)16-10-5-4-6-11(7-10)20-9-12(15)17-19/h4-7,19H,8-9H2,1-3H3,(H2,15,17)(H,16,18). The van der Waals surface area contributed by atoms with Gasteiger partial charge >= 0.3 is 0 Å². The predicted octanol–water partition coefficient (Wildman–Crippen LogP) is 2.19. The number of nitrogens with one attached hydrogen (secondary N) is 1. The molecule has 0 aliphatic rings. The SMILES string of the molecule is CC(C)(C)CC(=O)Nc1cccc(OC/C(N)=N/O)c1. The van der Waals surface area contributed by atoms with Crippen LogP contribution in [-0.2, 0) is 4.79 Å². The van der Waals surface area contributed by atoms with Crippen molar-refractivity contribution in [2.45, 2.75) is 27.2 Å². The van der Waals surface area contributed by atoms with E-state index in [2.05, 4.69) is 10.5 Å². The van der Waals surface area contributed by atoms with Crippen LogP contribution in [0.15, 0.2) is 29.4 Å². The summed E-state index contributed by atoms with van der Waals surface area (Å²) in [6, 6.07) is 6.94. The summed E-state index contributed by atoms with van der Waals surface area (Å²) >= 11 is 0. The third-order valence-corrected chi connectivity index (χ3v) is 2.32. The first-order valence-electron chi connectivity index (χ1n) is 6.29. The molecule has 20 heavy (non-hydrogen) atoms. The number of oxime groups is 1. The minimum absolute atomic E-state index is 0.0180.